The van der Waals surface area contributed by atoms with Crippen molar-refractivity contribution in [3.8, 4) is 0 Å². The van der Waals surface area contributed by atoms with Crippen LogP contribution in [0, 0.1) is 71.0 Å². The Balaban J connectivity index is 5.12. The van der Waals surface area contributed by atoms with Gasteiger partial charge in [-0.05, 0) is 90.3 Å². The first kappa shape index (κ1) is 34.0. The van der Waals surface area contributed by atoms with Crippen LogP contribution < -0.4 is 0 Å². The Morgan fingerprint density at radius 1 is 0.353 bits per heavy atom. The molecule has 0 aliphatic carbocycles. The van der Waals surface area contributed by atoms with E-state index in [0.717, 1.165) is 71.0 Å². The lowest BCUT2D eigenvalue weighted by Gasteiger charge is -2.38. The second-order valence-corrected chi connectivity index (χ2v) is 13.4. The van der Waals surface area contributed by atoms with Gasteiger partial charge in [0.25, 0.3) is 0 Å². The fraction of sp³-hybridized carbons (Fsp3) is 1.00. The van der Waals surface area contributed by atoms with Crippen molar-refractivity contribution >= 4 is 0 Å². The second-order valence-electron chi connectivity index (χ2n) is 13.4. The Labute approximate surface area is 219 Å². The summed E-state index contributed by atoms with van der Waals surface area (Å²) in [6, 6.07) is 0. The van der Waals surface area contributed by atoms with Crippen molar-refractivity contribution < 1.29 is 0 Å². The summed E-state index contributed by atoms with van der Waals surface area (Å²) in [6.07, 6.45) is 11.0. The normalized spacial score (nSPS) is 21.5. The van der Waals surface area contributed by atoms with Crippen molar-refractivity contribution in [3.05, 3.63) is 0 Å². The zero-order chi connectivity index (χ0) is 26.6. The summed E-state index contributed by atoms with van der Waals surface area (Å²) in [6.45, 7) is 34.8. The van der Waals surface area contributed by atoms with Crippen LogP contribution in [-0.2, 0) is 0 Å². The summed E-state index contributed by atoms with van der Waals surface area (Å²) in [7, 11) is 0. The maximum Gasteiger partial charge on any atom is -0.0363 e. The zero-order valence-electron chi connectivity index (χ0n) is 26.6. The average Bonchev–Trinajstić information content (AvgIpc) is 2.79. The summed E-state index contributed by atoms with van der Waals surface area (Å²) in [5.74, 6) is 10.2. The first-order valence-electron chi connectivity index (χ1n) is 15.9. The van der Waals surface area contributed by atoms with Crippen LogP contribution in [0.3, 0.4) is 0 Å². The minimum absolute atomic E-state index is 0.797. The first-order chi connectivity index (χ1) is 15.9. The highest BCUT2D eigenvalue weighted by Gasteiger charge is 2.31. The summed E-state index contributed by atoms with van der Waals surface area (Å²) in [5.41, 5.74) is 0. The summed E-state index contributed by atoms with van der Waals surface area (Å²) in [4.78, 5) is 0. The van der Waals surface area contributed by atoms with E-state index in [1.165, 1.54) is 51.4 Å². The molecule has 0 rings (SSSR count). The molecule has 206 valence electrons. The smallest absolute Gasteiger partial charge is 0.0363 e. The van der Waals surface area contributed by atoms with E-state index in [1.807, 2.05) is 0 Å². The van der Waals surface area contributed by atoms with Gasteiger partial charge in [-0.25, -0.2) is 0 Å². The van der Waals surface area contributed by atoms with Crippen LogP contribution >= 0.6 is 0 Å². The fourth-order valence-electron chi connectivity index (χ4n) is 7.94. The molecular weight excluding hydrogens is 408 g/mol. The lowest BCUT2D eigenvalue weighted by Crippen LogP contribution is -2.29. The predicted molar refractivity (Wildman–Crippen MR) is 158 cm³/mol. The molecule has 0 fully saturated rings. The molecule has 34 heavy (non-hydrogen) atoms. The topological polar surface area (TPSA) is 0 Å². The maximum absolute atomic E-state index is 2.59. The molecule has 0 bridgehead atoms. The van der Waals surface area contributed by atoms with Gasteiger partial charge < -0.3 is 0 Å². The third kappa shape index (κ3) is 10.5. The summed E-state index contributed by atoms with van der Waals surface area (Å²) < 4.78 is 0. The molecule has 0 aromatic carbocycles. The second kappa shape index (κ2) is 17.5. The van der Waals surface area contributed by atoms with E-state index in [-0.39, 0.29) is 0 Å². The van der Waals surface area contributed by atoms with Gasteiger partial charge in [-0.3, -0.25) is 0 Å². The van der Waals surface area contributed by atoms with Crippen LogP contribution in [0.5, 0.6) is 0 Å². The molecule has 0 aromatic heterocycles. The highest BCUT2D eigenvalue weighted by molar-refractivity contribution is 4.81. The van der Waals surface area contributed by atoms with E-state index in [4.69, 9.17) is 0 Å². The highest BCUT2D eigenvalue weighted by atomic mass is 14.4. The average molecular weight is 479 g/mol. The highest BCUT2D eigenvalue weighted by Crippen LogP contribution is 2.41. The Morgan fingerprint density at radius 3 is 1.09 bits per heavy atom. The van der Waals surface area contributed by atoms with Crippen LogP contribution in [0.25, 0.3) is 0 Å². The lowest BCUT2D eigenvalue weighted by molar-refractivity contribution is 0.121. The Bertz CT molecular complexity index is 474. The van der Waals surface area contributed by atoms with Crippen molar-refractivity contribution in [3.63, 3.8) is 0 Å². The molecule has 0 amide bonds. The maximum atomic E-state index is 2.59. The predicted octanol–water partition coefficient (Wildman–Crippen LogP) is 11.8. The Kier molecular flexibility index (Phi) is 17.5. The third-order valence-electron chi connectivity index (χ3n) is 11.1. The van der Waals surface area contributed by atoms with Crippen LogP contribution in [0.2, 0.25) is 0 Å². The molecule has 0 heteroatoms. The Morgan fingerprint density at radius 2 is 0.735 bits per heavy atom. The summed E-state index contributed by atoms with van der Waals surface area (Å²) in [5, 5.41) is 0. The minimum Gasteiger partial charge on any atom is -0.0651 e. The third-order valence-corrected chi connectivity index (χ3v) is 11.1. The van der Waals surface area contributed by atoms with Crippen molar-refractivity contribution in [1.82, 2.24) is 0 Å². The molecule has 0 nitrogen and oxygen atoms in total. The Hall–Kier alpha value is 0. The van der Waals surface area contributed by atoms with Crippen LogP contribution in [-0.4, -0.2) is 0 Å². The quantitative estimate of drug-likeness (QED) is 0.173. The molecule has 0 aliphatic rings. The van der Waals surface area contributed by atoms with Gasteiger partial charge in [-0.15, -0.1) is 0 Å². The van der Waals surface area contributed by atoms with Gasteiger partial charge in [0.1, 0.15) is 0 Å². The van der Waals surface area contributed by atoms with E-state index < -0.39 is 0 Å². The van der Waals surface area contributed by atoms with E-state index in [9.17, 15) is 0 Å². The molecule has 10 atom stereocenters. The van der Waals surface area contributed by atoms with Crippen molar-refractivity contribution in [2.75, 3.05) is 0 Å². The van der Waals surface area contributed by atoms with Gasteiger partial charge in [0, 0.05) is 0 Å². The number of rotatable bonds is 19. The van der Waals surface area contributed by atoms with Crippen LogP contribution in [0.1, 0.15) is 148 Å². The molecular formula is C34H70. The largest absolute Gasteiger partial charge is 0.0651 e. The minimum atomic E-state index is 0.797. The van der Waals surface area contributed by atoms with Crippen molar-refractivity contribution in [2.24, 2.45) is 71.0 Å². The van der Waals surface area contributed by atoms with Gasteiger partial charge in [0.2, 0.25) is 0 Å². The van der Waals surface area contributed by atoms with E-state index in [0.29, 0.717) is 0 Å². The van der Waals surface area contributed by atoms with E-state index in [2.05, 4.69) is 96.9 Å². The monoisotopic (exact) mass is 479 g/mol. The number of hydrogen-bond donors (Lipinski definition) is 0. The first-order valence-corrected chi connectivity index (χ1v) is 15.9. The SMILES string of the molecule is CCC(CC(C)C(CC)C(CC)CC)C(C)C(C)CC(C)C(CC)C(C)CC(C)C(C)C(C)C. The molecule has 0 saturated carbocycles. The molecule has 10 unspecified atom stereocenters. The van der Waals surface area contributed by atoms with Gasteiger partial charge >= 0.3 is 0 Å². The molecule has 0 aliphatic heterocycles. The standard InChI is InChI=1S/C34H70/c1-15-31(16-2)34(19-5)28(12)22-32(17-3)30(14)25(9)21-27(11)33(18-4)26(10)20-24(8)29(13)23(6)7/h23-34H,15-22H2,1-14H3. The zero-order valence-corrected chi connectivity index (χ0v) is 26.6. The molecule has 0 heterocycles. The molecule has 0 N–H and O–H groups in total. The molecule has 0 aromatic rings. The van der Waals surface area contributed by atoms with Crippen LogP contribution in [0.4, 0.5) is 0 Å². The lowest BCUT2D eigenvalue weighted by atomic mass is 9.68. The van der Waals surface area contributed by atoms with Crippen molar-refractivity contribution in [1.29, 1.82) is 0 Å². The van der Waals surface area contributed by atoms with Gasteiger partial charge in [0.05, 0.1) is 0 Å². The van der Waals surface area contributed by atoms with E-state index in [1.54, 1.807) is 0 Å². The van der Waals surface area contributed by atoms with E-state index >= 15 is 0 Å². The molecule has 0 spiro atoms. The van der Waals surface area contributed by atoms with Crippen LogP contribution in [0.15, 0.2) is 0 Å². The fourth-order valence-corrected chi connectivity index (χ4v) is 7.94. The molecule has 0 radical (unpaired) electrons. The number of hydrogen-bond acceptors (Lipinski definition) is 0. The summed E-state index contributed by atoms with van der Waals surface area (Å²) >= 11 is 0. The molecule has 0 saturated heterocycles. The van der Waals surface area contributed by atoms with Gasteiger partial charge in [0.15, 0.2) is 0 Å². The van der Waals surface area contributed by atoms with Crippen molar-refractivity contribution in [2.45, 2.75) is 148 Å². The van der Waals surface area contributed by atoms with Gasteiger partial charge in [-0.2, -0.15) is 0 Å². The van der Waals surface area contributed by atoms with Gasteiger partial charge in [-0.1, -0.05) is 129 Å².